The summed E-state index contributed by atoms with van der Waals surface area (Å²) in [5.74, 6) is 2.07. The van der Waals surface area contributed by atoms with Crippen molar-refractivity contribution in [2.75, 3.05) is 60.7 Å². The van der Waals surface area contributed by atoms with Crippen LogP contribution in [0.2, 0.25) is 0 Å². The van der Waals surface area contributed by atoms with Crippen molar-refractivity contribution < 1.29 is 24.1 Å². The summed E-state index contributed by atoms with van der Waals surface area (Å²) in [6.45, 7) is 4.90. The second kappa shape index (κ2) is 9.68. The van der Waals surface area contributed by atoms with Gasteiger partial charge in [0.2, 0.25) is 0 Å². The van der Waals surface area contributed by atoms with Gasteiger partial charge in [-0.05, 0) is 0 Å². The van der Waals surface area contributed by atoms with Gasteiger partial charge in [0.05, 0.1) is 46.2 Å². The average Bonchev–Trinajstić information content (AvgIpc) is 2.62. The molecule has 1 fully saturated rings. The van der Waals surface area contributed by atoms with Crippen LogP contribution in [0.3, 0.4) is 0 Å². The Labute approximate surface area is 143 Å². The van der Waals surface area contributed by atoms with Gasteiger partial charge in [-0.25, -0.2) is 0 Å². The van der Waals surface area contributed by atoms with E-state index in [1.54, 1.807) is 21.3 Å². The Kier molecular flexibility index (Phi) is 7.58. The van der Waals surface area contributed by atoms with E-state index < -0.39 is 6.10 Å². The van der Waals surface area contributed by atoms with Gasteiger partial charge in [0.15, 0.2) is 0 Å². The Morgan fingerprint density at radius 3 is 2.29 bits per heavy atom. The molecule has 1 unspecified atom stereocenters. The molecule has 136 valence electrons. The van der Waals surface area contributed by atoms with Crippen LogP contribution in [-0.4, -0.2) is 76.8 Å². The van der Waals surface area contributed by atoms with Crippen molar-refractivity contribution in [2.45, 2.75) is 12.6 Å². The van der Waals surface area contributed by atoms with E-state index in [4.69, 9.17) is 18.9 Å². The van der Waals surface area contributed by atoms with Gasteiger partial charge in [0.25, 0.3) is 0 Å². The standard InChI is InChI=1S/C17H28N2O5/c1-21-14-8-16(22-2)15(17(9-14)23-3)11-18-10-13(20)12-19-4-6-24-7-5-19/h8-9,13,18,20H,4-7,10-12H2,1-3H3. The second-order valence-electron chi connectivity index (χ2n) is 5.71. The number of morpholine rings is 1. The predicted molar refractivity (Wildman–Crippen MR) is 91.1 cm³/mol. The first-order valence-electron chi connectivity index (χ1n) is 8.15. The first-order chi connectivity index (χ1) is 11.7. The summed E-state index contributed by atoms with van der Waals surface area (Å²) in [7, 11) is 4.84. The second-order valence-corrected chi connectivity index (χ2v) is 5.71. The molecule has 1 aliphatic heterocycles. The molecule has 0 spiro atoms. The fourth-order valence-electron chi connectivity index (χ4n) is 2.76. The summed E-state index contributed by atoms with van der Waals surface area (Å²) in [5, 5.41) is 13.5. The lowest BCUT2D eigenvalue weighted by atomic mass is 10.1. The predicted octanol–water partition coefficient (Wildman–Crippen LogP) is 0.495. The summed E-state index contributed by atoms with van der Waals surface area (Å²) in [4.78, 5) is 2.21. The smallest absolute Gasteiger partial charge is 0.130 e. The maximum atomic E-state index is 10.2. The van der Waals surface area contributed by atoms with Crippen LogP contribution in [-0.2, 0) is 11.3 Å². The molecule has 0 amide bonds. The summed E-state index contributed by atoms with van der Waals surface area (Å²) in [6, 6.07) is 3.65. The highest BCUT2D eigenvalue weighted by Gasteiger charge is 2.16. The average molecular weight is 340 g/mol. The third-order valence-corrected chi connectivity index (χ3v) is 4.07. The van der Waals surface area contributed by atoms with E-state index in [2.05, 4.69) is 10.2 Å². The quantitative estimate of drug-likeness (QED) is 0.678. The number of aliphatic hydroxyl groups excluding tert-OH is 1. The van der Waals surface area contributed by atoms with Gasteiger partial charge in [-0.3, -0.25) is 4.90 Å². The molecule has 1 aromatic rings. The number of rotatable bonds is 9. The van der Waals surface area contributed by atoms with E-state index in [9.17, 15) is 5.11 Å². The number of β-amino-alcohol motifs (C(OH)–C–C–N with tert-alkyl or cyclic N) is 1. The lowest BCUT2D eigenvalue weighted by molar-refractivity contribution is 0.0149. The van der Waals surface area contributed by atoms with Crippen LogP contribution in [0.5, 0.6) is 17.2 Å². The Morgan fingerprint density at radius 1 is 1.12 bits per heavy atom. The SMILES string of the molecule is COc1cc(OC)c(CNCC(O)CN2CCOCC2)c(OC)c1. The van der Waals surface area contributed by atoms with Crippen molar-refractivity contribution in [1.82, 2.24) is 10.2 Å². The molecule has 1 saturated heterocycles. The highest BCUT2D eigenvalue weighted by atomic mass is 16.5. The Bertz CT molecular complexity index is 481. The summed E-state index contributed by atoms with van der Waals surface area (Å²) >= 11 is 0. The van der Waals surface area contributed by atoms with Crippen molar-refractivity contribution >= 4 is 0 Å². The molecular weight excluding hydrogens is 312 g/mol. The molecule has 0 aromatic heterocycles. The molecule has 1 atom stereocenters. The molecule has 7 nitrogen and oxygen atoms in total. The van der Waals surface area contributed by atoms with Crippen LogP contribution in [0, 0.1) is 0 Å². The van der Waals surface area contributed by atoms with Crippen LogP contribution in [0.25, 0.3) is 0 Å². The molecule has 0 radical (unpaired) electrons. The lowest BCUT2D eigenvalue weighted by Crippen LogP contribution is -2.43. The van der Waals surface area contributed by atoms with Gasteiger partial charge >= 0.3 is 0 Å². The molecule has 2 rings (SSSR count). The molecule has 1 heterocycles. The summed E-state index contributed by atoms with van der Waals surface area (Å²) in [5.41, 5.74) is 0.902. The maximum absolute atomic E-state index is 10.2. The van der Waals surface area contributed by atoms with Crippen molar-refractivity contribution in [2.24, 2.45) is 0 Å². The Morgan fingerprint density at radius 2 is 1.75 bits per heavy atom. The maximum Gasteiger partial charge on any atom is 0.130 e. The van der Waals surface area contributed by atoms with Crippen molar-refractivity contribution in [3.05, 3.63) is 17.7 Å². The molecule has 0 bridgehead atoms. The topological polar surface area (TPSA) is 72.4 Å². The summed E-state index contributed by atoms with van der Waals surface area (Å²) in [6.07, 6.45) is -0.432. The fourth-order valence-corrected chi connectivity index (χ4v) is 2.76. The molecule has 1 aliphatic rings. The van der Waals surface area contributed by atoms with E-state index in [0.717, 1.165) is 31.9 Å². The molecule has 0 saturated carbocycles. The highest BCUT2D eigenvalue weighted by Crippen LogP contribution is 2.33. The fraction of sp³-hybridized carbons (Fsp3) is 0.647. The molecule has 1 aromatic carbocycles. The normalized spacial score (nSPS) is 16.7. The Balaban J connectivity index is 1.88. The number of benzene rings is 1. The number of hydrogen-bond acceptors (Lipinski definition) is 7. The minimum Gasteiger partial charge on any atom is -0.496 e. The first kappa shape index (κ1) is 18.8. The van der Waals surface area contributed by atoms with Crippen molar-refractivity contribution in [1.29, 1.82) is 0 Å². The Hall–Kier alpha value is -1.54. The molecule has 24 heavy (non-hydrogen) atoms. The molecule has 2 N–H and O–H groups in total. The molecule has 7 heteroatoms. The van der Waals surface area contributed by atoms with E-state index >= 15 is 0 Å². The van der Waals surface area contributed by atoms with E-state index in [1.165, 1.54) is 0 Å². The largest absolute Gasteiger partial charge is 0.496 e. The number of aliphatic hydroxyl groups is 1. The third kappa shape index (κ3) is 5.24. The van der Waals surface area contributed by atoms with Gasteiger partial charge in [-0.1, -0.05) is 0 Å². The van der Waals surface area contributed by atoms with E-state index in [1.807, 2.05) is 12.1 Å². The summed E-state index contributed by atoms with van der Waals surface area (Å²) < 4.78 is 21.4. The monoisotopic (exact) mass is 340 g/mol. The van der Waals surface area contributed by atoms with E-state index in [0.29, 0.717) is 36.9 Å². The van der Waals surface area contributed by atoms with E-state index in [-0.39, 0.29) is 0 Å². The zero-order valence-corrected chi connectivity index (χ0v) is 14.7. The van der Waals surface area contributed by atoms with Crippen molar-refractivity contribution in [3.63, 3.8) is 0 Å². The van der Waals surface area contributed by atoms with Crippen LogP contribution < -0.4 is 19.5 Å². The zero-order valence-electron chi connectivity index (χ0n) is 14.7. The van der Waals surface area contributed by atoms with Gasteiger partial charge in [-0.15, -0.1) is 0 Å². The first-order valence-corrected chi connectivity index (χ1v) is 8.15. The van der Waals surface area contributed by atoms with Crippen LogP contribution >= 0.6 is 0 Å². The van der Waals surface area contributed by atoms with Crippen molar-refractivity contribution in [3.8, 4) is 17.2 Å². The van der Waals surface area contributed by atoms with Crippen LogP contribution in [0.4, 0.5) is 0 Å². The zero-order chi connectivity index (χ0) is 17.4. The third-order valence-electron chi connectivity index (χ3n) is 4.07. The number of methoxy groups -OCH3 is 3. The number of hydrogen-bond donors (Lipinski definition) is 2. The minimum atomic E-state index is -0.432. The van der Waals surface area contributed by atoms with Crippen LogP contribution in [0.15, 0.2) is 12.1 Å². The molecular formula is C17H28N2O5. The number of nitrogens with one attached hydrogen (secondary N) is 1. The van der Waals surface area contributed by atoms with Crippen LogP contribution in [0.1, 0.15) is 5.56 Å². The van der Waals surface area contributed by atoms with Gasteiger partial charge < -0.3 is 29.4 Å². The number of ether oxygens (including phenoxy) is 4. The minimum absolute atomic E-state index is 0.432. The lowest BCUT2D eigenvalue weighted by Gasteiger charge is -2.28. The number of nitrogens with zero attached hydrogens (tertiary/aromatic N) is 1. The van der Waals surface area contributed by atoms with Gasteiger partial charge in [-0.2, -0.15) is 0 Å². The van der Waals surface area contributed by atoms with Gasteiger partial charge in [0, 0.05) is 44.9 Å². The highest BCUT2D eigenvalue weighted by molar-refractivity contribution is 5.50. The molecule has 0 aliphatic carbocycles. The van der Waals surface area contributed by atoms with Gasteiger partial charge in [0.1, 0.15) is 17.2 Å².